The number of benzene rings is 1. The summed E-state index contributed by atoms with van der Waals surface area (Å²) in [7, 11) is 0. The van der Waals surface area contributed by atoms with Crippen LogP contribution < -0.4 is 0 Å². The van der Waals surface area contributed by atoms with E-state index in [0.29, 0.717) is 0 Å². The van der Waals surface area contributed by atoms with E-state index in [1.54, 1.807) is 0 Å². The van der Waals surface area contributed by atoms with Crippen LogP contribution in [0.25, 0.3) is 5.57 Å². The van der Waals surface area contributed by atoms with Crippen molar-refractivity contribution in [3.05, 3.63) is 42.0 Å². The number of hydrogen-bond donors (Lipinski definition) is 1. The van der Waals surface area contributed by atoms with Crippen molar-refractivity contribution in [2.24, 2.45) is 0 Å². The first-order valence-electron chi connectivity index (χ1n) is 5.61. The molecule has 80 valence electrons. The maximum Gasteiger partial charge on any atom is 0.0896 e. The quantitative estimate of drug-likeness (QED) is 0.780. The topological polar surface area (TPSA) is 20.2 Å². The summed E-state index contributed by atoms with van der Waals surface area (Å²) in [6.07, 6.45) is 3.95. The van der Waals surface area contributed by atoms with Gasteiger partial charge in [-0.2, -0.15) is 0 Å². The number of aliphatic hydroxyl groups is 1. The van der Waals surface area contributed by atoms with Crippen LogP contribution in [-0.2, 0) is 0 Å². The average molecular weight is 202 g/mol. The first-order chi connectivity index (χ1) is 7.12. The smallest absolute Gasteiger partial charge is 0.0896 e. The van der Waals surface area contributed by atoms with Crippen LogP contribution in [0.15, 0.2) is 30.8 Å². The Kier molecular flexibility index (Phi) is 2.66. The molecular formula is C14H18O. The Morgan fingerprint density at radius 2 is 1.73 bits per heavy atom. The molecule has 0 aliphatic heterocycles. The molecule has 0 amide bonds. The van der Waals surface area contributed by atoms with Crippen LogP contribution in [0.5, 0.6) is 0 Å². The fourth-order valence-electron chi connectivity index (χ4n) is 2.29. The maximum atomic E-state index is 10.4. The molecule has 0 radical (unpaired) electrons. The van der Waals surface area contributed by atoms with Gasteiger partial charge in [-0.1, -0.05) is 49.2 Å². The molecule has 0 unspecified atom stereocenters. The summed E-state index contributed by atoms with van der Waals surface area (Å²) in [4.78, 5) is 0. The van der Waals surface area contributed by atoms with E-state index in [0.717, 1.165) is 36.8 Å². The lowest BCUT2D eigenvalue weighted by atomic mass is 9.88. The monoisotopic (exact) mass is 202 g/mol. The zero-order chi connectivity index (χ0) is 10.9. The Labute approximate surface area is 91.4 Å². The Bertz CT molecular complexity index is 355. The molecule has 0 atom stereocenters. The first kappa shape index (κ1) is 10.4. The van der Waals surface area contributed by atoms with Gasteiger partial charge in [0.1, 0.15) is 0 Å². The van der Waals surface area contributed by atoms with Crippen LogP contribution in [0.4, 0.5) is 0 Å². The molecule has 0 heterocycles. The predicted octanol–water partition coefficient (Wildman–Crippen LogP) is 3.31. The van der Waals surface area contributed by atoms with Crippen molar-refractivity contribution in [3.8, 4) is 0 Å². The van der Waals surface area contributed by atoms with Crippen LogP contribution >= 0.6 is 0 Å². The van der Waals surface area contributed by atoms with Crippen molar-refractivity contribution in [2.45, 2.75) is 38.2 Å². The minimum absolute atomic E-state index is 0.644. The largest absolute Gasteiger partial charge is 0.385 e. The van der Waals surface area contributed by atoms with Crippen LogP contribution in [-0.4, -0.2) is 10.7 Å². The van der Waals surface area contributed by atoms with Gasteiger partial charge >= 0.3 is 0 Å². The van der Waals surface area contributed by atoms with Crippen molar-refractivity contribution < 1.29 is 5.11 Å². The molecule has 1 aliphatic carbocycles. The first-order valence-corrected chi connectivity index (χ1v) is 5.61. The van der Waals surface area contributed by atoms with Crippen molar-refractivity contribution in [1.29, 1.82) is 0 Å². The third-order valence-corrected chi connectivity index (χ3v) is 3.39. The lowest BCUT2D eigenvalue weighted by Gasteiger charge is -2.25. The van der Waals surface area contributed by atoms with Crippen LogP contribution in [0, 0.1) is 6.92 Å². The second-order valence-electron chi connectivity index (χ2n) is 4.58. The van der Waals surface area contributed by atoms with E-state index in [1.165, 1.54) is 5.56 Å². The number of rotatable bonds is 2. The van der Waals surface area contributed by atoms with Crippen molar-refractivity contribution in [1.82, 2.24) is 0 Å². The van der Waals surface area contributed by atoms with Gasteiger partial charge in [-0.25, -0.2) is 0 Å². The highest BCUT2D eigenvalue weighted by molar-refractivity contribution is 5.70. The van der Waals surface area contributed by atoms with Crippen LogP contribution in [0.2, 0.25) is 0 Å². The molecule has 1 N–H and O–H groups in total. The van der Waals surface area contributed by atoms with Crippen LogP contribution in [0.1, 0.15) is 36.8 Å². The Balaban J connectivity index is 2.24. The van der Waals surface area contributed by atoms with Gasteiger partial charge in [0, 0.05) is 0 Å². The highest BCUT2D eigenvalue weighted by atomic mass is 16.3. The highest BCUT2D eigenvalue weighted by Gasteiger charge is 2.34. The van der Waals surface area contributed by atoms with Crippen molar-refractivity contribution >= 4 is 5.57 Å². The fraction of sp³-hybridized carbons (Fsp3) is 0.429. The Hall–Kier alpha value is -1.08. The van der Waals surface area contributed by atoms with E-state index in [2.05, 4.69) is 25.6 Å². The van der Waals surface area contributed by atoms with Gasteiger partial charge in [-0.3, -0.25) is 0 Å². The van der Waals surface area contributed by atoms with Gasteiger partial charge in [-0.15, -0.1) is 0 Å². The molecule has 0 spiro atoms. The molecule has 0 saturated heterocycles. The van der Waals surface area contributed by atoms with Gasteiger partial charge in [0.15, 0.2) is 0 Å². The lowest BCUT2D eigenvalue weighted by Crippen LogP contribution is -2.25. The summed E-state index contributed by atoms with van der Waals surface area (Å²) in [5.41, 5.74) is 2.56. The van der Waals surface area contributed by atoms with Gasteiger partial charge in [0.25, 0.3) is 0 Å². The summed E-state index contributed by atoms with van der Waals surface area (Å²) in [6.45, 7) is 6.12. The third kappa shape index (κ3) is 1.98. The van der Waals surface area contributed by atoms with E-state index >= 15 is 0 Å². The molecule has 1 saturated carbocycles. The third-order valence-electron chi connectivity index (χ3n) is 3.39. The minimum atomic E-state index is -0.644. The van der Waals surface area contributed by atoms with E-state index in [9.17, 15) is 5.11 Å². The number of aryl methyl sites for hydroxylation is 1. The summed E-state index contributed by atoms with van der Waals surface area (Å²) in [6, 6.07) is 8.24. The summed E-state index contributed by atoms with van der Waals surface area (Å²) >= 11 is 0. The molecule has 0 aromatic heterocycles. The molecule has 1 aliphatic rings. The zero-order valence-electron chi connectivity index (χ0n) is 9.29. The Morgan fingerprint density at radius 3 is 2.27 bits per heavy atom. The molecule has 1 aromatic carbocycles. The minimum Gasteiger partial charge on any atom is -0.385 e. The van der Waals surface area contributed by atoms with E-state index in [4.69, 9.17) is 0 Å². The van der Waals surface area contributed by atoms with Crippen molar-refractivity contribution in [2.75, 3.05) is 0 Å². The van der Waals surface area contributed by atoms with Gasteiger partial charge in [-0.05, 0) is 30.9 Å². The molecule has 1 aromatic rings. The molecule has 2 rings (SSSR count). The van der Waals surface area contributed by atoms with Gasteiger partial charge < -0.3 is 5.11 Å². The van der Waals surface area contributed by atoms with Gasteiger partial charge in [0.2, 0.25) is 0 Å². The molecule has 1 nitrogen and oxygen atoms in total. The maximum absolute atomic E-state index is 10.4. The highest BCUT2D eigenvalue weighted by Crippen LogP contribution is 2.39. The van der Waals surface area contributed by atoms with Crippen LogP contribution in [0.3, 0.4) is 0 Å². The van der Waals surface area contributed by atoms with E-state index < -0.39 is 5.60 Å². The summed E-state index contributed by atoms with van der Waals surface area (Å²) < 4.78 is 0. The molecule has 15 heavy (non-hydrogen) atoms. The molecular weight excluding hydrogens is 184 g/mol. The van der Waals surface area contributed by atoms with E-state index in [1.807, 2.05) is 12.1 Å². The summed E-state index contributed by atoms with van der Waals surface area (Å²) in [5, 5.41) is 10.4. The predicted molar refractivity (Wildman–Crippen MR) is 63.6 cm³/mol. The molecule has 1 fully saturated rings. The summed E-state index contributed by atoms with van der Waals surface area (Å²) in [5.74, 6) is 0. The normalized spacial score (nSPS) is 19.1. The Morgan fingerprint density at radius 1 is 1.20 bits per heavy atom. The van der Waals surface area contributed by atoms with Crippen molar-refractivity contribution in [3.63, 3.8) is 0 Å². The second-order valence-corrected chi connectivity index (χ2v) is 4.58. The van der Waals surface area contributed by atoms with E-state index in [-0.39, 0.29) is 0 Å². The van der Waals surface area contributed by atoms with Gasteiger partial charge in [0.05, 0.1) is 5.60 Å². The molecule has 1 heteroatoms. The zero-order valence-corrected chi connectivity index (χ0v) is 9.29. The SMILES string of the molecule is C=C(c1ccc(C)cc1)C1(O)CCCC1. The lowest BCUT2D eigenvalue weighted by molar-refractivity contribution is 0.110. The fourth-order valence-corrected chi connectivity index (χ4v) is 2.29. The second kappa shape index (κ2) is 3.82. The molecule has 0 bridgehead atoms. The average Bonchev–Trinajstić information content (AvgIpc) is 2.67. The standard InChI is InChI=1S/C14H18O/c1-11-5-7-13(8-6-11)12(2)14(15)9-3-4-10-14/h5-8,15H,2-4,9-10H2,1H3. The number of hydrogen-bond acceptors (Lipinski definition) is 1.